The van der Waals surface area contributed by atoms with E-state index in [1.165, 1.54) is 0 Å². The van der Waals surface area contributed by atoms with Crippen LogP contribution >= 0.6 is 12.4 Å². The molecule has 1 amide bonds. The van der Waals surface area contributed by atoms with Gasteiger partial charge in [0.25, 0.3) is 5.91 Å². The molecular weight excluding hydrogens is 328 g/mol. The highest BCUT2D eigenvalue weighted by Gasteiger charge is 2.14. The van der Waals surface area contributed by atoms with E-state index in [4.69, 9.17) is 15.2 Å². The van der Waals surface area contributed by atoms with E-state index in [-0.39, 0.29) is 24.4 Å². The van der Waals surface area contributed by atoms with Crippen molar-refractivity contribution in [1.29, 1.82) is 0 Å². The summed E-state index contributed by atoms with van der Waals surface area (Å²) < 4.78 is 10.6. The number of carbonyl (C=O) groups excluding carboxylic acids is 1. The predicted octanol–water partition coefficient (Wildman–Crippen LogP) is 2.86. The van der Waals surface area contributed by atoms with Crippen LogP contribution in [0.15, 0.2) is 42.5 Å². The van der Waals surface area contributed by atoms with Crippen LogP contribution in [0.2, 0.25) is 0 Å². The lowest BCUT2D eigenvalue weighted by Crippen LogP contribution is -2.31. The van der Waals surface area contributed by atoms with Gasteiger partial charge in [-0.25, -0.2) is 0 Å². The summed E-state index contributed by atoms with van der Waals surface area (Å²) in [7, 11) is 3.13. The number of carbonyl (C=O) groups is 1. The maximum atomic E-state index is 12.4. The van der Waals surface area contributed by atoms with E-state index in [1.807, 2.05) is 37.3 Å². The Morgan fingerprint density at radius 1 is 1.12 bits per heavy atom. The summed E-state index contributed by atoms with van der Waals surface area (Å²) in [6.07, 6.45) is 0. The first-order valence-electron chi connectivity index (χ1n) is 7.38. The minimum absolute atomic E-state index is 0. The first-order valence-corrected chi connectivity index (χ1v) is 7.38. The molecule has 0 radical (unpaired) electrons. The van der Waals surface area contributed by atoms with Crippen molar-refractivity contribution in [3.05, 3.63) is 59.2 Å². The second-order valence-corrected chi connectivity index (χ2v) is 5.23. The smallest absolute Gasteiger partial charge is 0.251 e. The number of methoxy groups -OCH3 is 2. The molecule has 0 heterocycles. The van der Waals surface area contributed by atoms with Crippen LogP contribution in [0.3, 0.4) is 0 Å². The molecule has 2 aromatic carbocycles. The first-order chi connectivity index (χ1) is 11.1. The minimum atomic E-state index is -0.255. The molecule has 130 valence electrons. The summed E-state index contributed by atoms with van der Waals surface area (Å²) in [6, 6.07) is 12.8. The Balaban J connectivity index is 0.00000288. The monoisotopic (exact) mass is 350 g/mol. The fraction of sp³-hybridized carbons (Fsp3) is 0.278. The third kappa shape index (κ3) is 4.63. The Morgan fingerprint density at radius 3 is 2.17 bits per heavy atom. The van der Waals surface area contributed by atoms with Crippen LogP contribution in [0.1, 0.15) is 27.5 Å². The molecule has 0 fully saturated rings. The second kappa shape index (κ2) is 9.15. The topological polar surface area (TPSA) is 73.6 Å². The Bertz CT molecular complexity index is 652. The van der Waals surface area contributed by atoms with E-state index in [0.29, 0.717) is 23.6 Å². The van der Waals surface area contributed by atoms with Gasteiger partial charge >= 0.3 is 0 Å². The quantitative estimate of drug-likeness (QED) is 0.840. The molecule has 2 aromatic rings. The van der Waals surface area contributed by atoms with E-state index in [9.17, 15) is 4.79 Å². The summed E-state index contributed by atoms with van der Waals surface area (Å²) in [6.45, 7) is 2.23. The Labute approximate surface area is 148 Å². The zero-order chi connectivity index (χ0) is 16.8. The van der Waals surface area contributed by atoms with Crippen molar-refractivity contribution in [3.8, 4) is 11.5 Å². The second-order valence-electron chi connectivity index (χ2n) is 5.23. The molecule has 0 aliphatic heterocycles. The summed E-state index contributed by atoms with van der Waals surface area (Å²) in [5.74, 6) is 1.01. The van der Waals surface area contributed by atoms with E-state index in [0.717, 1.165) is 11.1 Å². The number of halogens is 1. The van der Waals surface area contributed by atoms with Crippen molar-refractivity contribution >= 4 is 18.3 Å². The van der Waals surface area contributed by atoms with Crippen molar-refractivity contribution in [2.75, 3.05) is 20.8 Å². The van der Waals surface area contributed by atoms with E-state index in [1.54, 1.807) is 26.4 Å². The highest BCUT2D eigenvalue weighted by Crippen LogP contribution is 2.29. The zero-order valence-corrected chi connectivity index (χ0v) is 14.9. The molecule has 5 nitrogen and oxygen atoms in total. The van der Waals surface area contributed by atoms with Gasteiger partial charge in [0.05, 0.1) is 14.2 Å². The number of amides is 1. The van der Waals surface area contributed by atoms with E-state index < -0.39 is 0 Å². The standard InChI is InChI=1S/C18H22N2O3.ClH/c1-12-16(22-2)9-14(10-17(12)23-3)18(21)20-11-15(19)13-7-5-4-6-8-13;/h4-10,15H,11,19H2,1-3H3,(H,20,21);1H. The summed E-state index contributed by atoms with van der Waals surface area (Å²) >= 11 is 0. The van der Waals surface area contributed by atoms with E-state index >= 15 is 0 Å². The number of nitrogens with one attached hydrogen (secondary N) is 1. The van der Waals surface area contributed by atoms with Crippen LogP contribution in [0.25, 0.3) is 0 Å². The molecule has 6 heteroatoms. The summed E-state index contributed by atoms with van der Waals surface area (Å²) in [4.78, 5) is 12.4. The van der Waals surface area contributed by atoms with Crippen LogP contribution in [-0.2, 0) is 0 Å². The van der Waals surface area contributed by atoms with Crippen LogP contribution in [0.5, 0.6) is 11.5 Å². The fourth-order valence-electron chi connectivity index (χ4n) is 2.34. The Morgan fingerprint density at radius 2 is 1.67 bits per heavy atom. The van der Waals surface area contributed by atoms with Crippen molar-refractivity contribution in [3.63, 3.8) is 0 Å². The molecule has 2 rings (SSSR count). The molecule has 3 N–H and O–H groups in total. The van der Waals surface area contributed by atoms with Crippen molar-refractivity contribution < 1.29 is 14.3 Å². The van der Waals surface area contributed by atoms with Crippen LogP contribution in [0.4, 0.5) is 0 Å². The maximum Gasteiger partial charge on any atom is 0.251 e. The lowest BCUT2D eigenvalue weighted by atomic mass is 10.1. The molecule has 0 bridgehead atoms. The lowest BCUT2D eigenvalue weighted by Gasteiger charge is -2.15. The molecule has 1 unspecified atom stereocenters. The summed E-state index contributed by atoms with van der Waals surface area (Å²) in [5.41, 5.74) is 8.40. The minimum Gasteiger partial charge on any atom is -0.496 e. The van der Waals surface area contributed by atoms with Crippen molar-refractivity contribution in [2.45, 2.75) is 13.0 Å². The van der Waals surface area contributed by atoms with E-state index in [2.05, 4.69) is 5.32 Å². The molecule has 0 saturated heterocycles. The number of ether oxygens (including phenoxy) is 2. The SMILES string of the molecule is COc1cc(C(=O)NCC(N)c2ccccc2)cc(OC)c1C.Cl. The van der Waals surface area contributed by atoms with Crippen LogP contribution in [-0.4, -0.2) is 26.7 Å². The average molecular weight is 351 g/mol. The summed E-state index contributed by atoms with van der Waals surface area (Å²) in [5, 5.41) is 2.84. The third-order valence-electron chi connectivity index (χ3n) is 3.72. The highest BCUT2D eigenvalue weighted by molar-refractivity contribution is 5.95. The Hall–Kier alpha value is -2.24. The molecule has 0 aliphatic carbocycles. The van der Waals surface area contributed by atoms with Crippen LogP contribution < -0.4 is 20.5 Å². The van der Waals surface area contributed by atoms with Gasteiger partial charge in [-0.3, -0.25) is 4.79 Å². The fourth-order valence-corrected chi connectivity index (χ4v) is 2.34. The molecule has 1 atom stereocenters. The third-order valence-corrected chi connectivity index (χ3v) is 3.72. The first kappa shape index (κ1) is 19.8. The van der Waals surface area contributed by atoms with Crippen molar-refractivity contribution in [1.82, 2.24) is 5.32 Å². The number of hydrogen-bond donors (Lipinski definition) is 2. The van der Waals surface area contributed by atoms with Gasteiger partial charge in [-0.1, -0.05) is 30.3 Å². The van der Waals surface area contributed by atoms with Gasteiger partial charge in [0.1, 0.15) is 11.5 Å². The lowest BCUT2D eigenvalue weighted by molar-refractivity contribution is 0.0950. The van der Waals surface area contributed by atoms with Gasteiger partial charge in [-0.05, 0) is 24.6 Å². The highest BCUT2D eigenvalue weighted by atomic mass is 35.5. The average Bonchev–Trinajstić information content (AvgIpc) is 2.60. The number of rotatable bonds is 6. The van der Waals surface area contributed by atoms with Gasteiger partial charge in [0.15, 0.2) is 0 Å². The molecule has 0 aliphatic rings. The Kier molecular flexibility index (Phi) is 7.55. The zero-order valence-electron chi connectivity index (χ0n) is 14.0. The molecule has 24 heavy (non-hydrogen) atoms. The molecule has 0 spiro atoms. The number of hydrogen-bond acceptors (Lipinski definition) is 4. The van der Waals surface area contributed by atoms with Crippen molar-refractivity contribution in [2.24, 2.45) is 5.73 Å². The maximum absolute atomic E-state index is 12.4. The van der Waals surface area contributed by atoms with Gasteiger partial charge in [-0.2, -0.15) is 0 Å². The van der Waals surface area contributed by atoms with Gasteiger partial charge in [0, 0.05) is 23.7 Å². The van der Waals surface area contributed by atoms with Crippen LogP contribution in [0, 0.1) is 6.92 Å². The van der Waals surface area contributed by atoms with Gasteiger partial charge < -0.3 is 20.5 Å². The number of benzene rings is 2. The molecule has 0 saturated carbocycles. The molecule has 0 aromatic heterocycles. The largest absolute Gasteiger partial charge is 0.496 e. The van der Waals surface area contributed by atoms with Gasteiger partial charge in [-0.15, -0.1) is 12.4 Å². The normalized spacial score (nSPS) is 11.2. The van der Waals surface area contributed by atoms with Gasteiger partial charge in [0.2, 0.25) is 0 Å². The number of nitrogens with two attached hydrogens (primary N) is 1. The molecular formula is C18H23ClN2O3. The predicted molar refractivity (Wildman–Crippen MR) is 97.2 cm³/mol.